The Hall–Kier alpha value is -0.180. The minimum atomic E-state index is 0.100. The maximum absolute atomic E-state index is 6.33. The van der Waals surface area contributed by atoms with Crippen molar-refractivity contribution in [3.05, 3.63) is 28.8 Å². The van der Waals surface area contributed by atoms with Gasteiger partial charge in [-0.3, -0.25) is 0 Å². The Morgan fingerprint density at radius 1 is 1.11 bits per heavy atom. The molecule has 0 unspecified atom stereocenters. The van der Waals surface area contributed by atoms with Crippen molar-refractivity contribution in [3.63, 3.8) is 0 Å². The van der Waals surface area contributed by atoms with Crippen molar-refractivity contribution in [2.45, 2.75) is 63.3 Å². The largest absolute Gasteiger partial charge is 0.308 e. The summed E-state index contributed by atoms with van der Waals surface area (Å²) in [6.45, 7) is 14.0. The monoisotopic (exact) mass is 285 g/mol. The molecule has 18 heavy (non-hydrogen) atoms. The molecule has 0 aliphatic rings. The van der Waals surface area contributed by atoms with E-state index in [0.717, 1.165) is 11.6 Å². The molecule has 3 heteroatoms. The van der Waals surface area contributed by atoms with E-state index in [0.29, 0.717) is 0 Å². The number of benzene rings is 1. The van der Waals surface area contributed by atoms with Crippen molar-refractivity contribution < 1.29 is 0 Å². The number of hydrogen-bond donors (Lipinski definition) is 1. The van der Waals surface area contributed by atoms with E-state index >= 15 is 0 Å². The molecular weight excluding hydrogens is 262 g/mol. The third-order valence-electron chi connectivity index (χ3n) is 2.29. The first-order valence-corrected chi connectivity index (χ1v) is 7.49. The fourth-order valence-electron chi connectivity index (χ4n) is 1.49. The van der Waals surface area contributed by atoms with E-state index in [1.165, 1.54) is 10.5 Å². The highest BCUT2D eigenvalue weighted by Gasteiger charge is 2.17. The summed E-state index contributed by atoms with van der Waals surface area (Å²) in [5.74, 6) is 0. The summed E-state index contributed by atoms with van der Waals surface area (Å²) < 4.78 is 0.196. The predicted octanol–water partition coefficient (Wildman–Crippen LogP) is 5.12. The number of rotatable bonds is 3. The molecule has 0 heterocycles. The average molecular weight is 286 g/mol. The van der Waals surface area contributed by atoms with Gasteiger partial charge >= 0.3 is 0 Å². The molecule has 0 fully saturated rings. The summed E-state index contributed by atoms with van der Waals surface area (Å²) in [6, 6.07) is 6.15. The minimum absolute atomic E-state index is 0.100. The van der Waals surface area contributed by atoms with E-state index in [4.69, 9.17) is 11.6 Å². The van der Waals surface area contributed by atoms with E-state index in [1.54, 1.807) is 0 Å². The summed E-state index contributed by atoms with van der Waals surface area (Å²) in [4.78, 5) is 1.27. The molecular formula is C15H24ClNS. The molecule has 0 radical (unpaired) electrons. The van der Waals surface area contributed by atoms with Crippen molar-refractivity contribution in [2.24, 2.45) is 0 Å². The van der Waals surface area contributed by atoms with Crippen LogP contribution in [0.2, 0.25) is 5.02 Å². The lowest BCUT2D eigenvalue weighted by Crippen LogP contribution is -2.35. The zero-order chi connectivity index (χ0) is 14.0. The second kappa shape index (κ2) is 5.85. The van der Waals surface area contributed by atoms with Crippen LogP contribution in [0.4, 0.5) is 0 Å². The molecule has 102 valence electrons. The fourth-order valence-corrected chi connectivity index (χ4v) is 2.90. The van der Waals surface area contributed by atoms with Gasteiger partial charge in [0.25, 0.3) is 0 Å². The van der Waals surface area contributed by atoms with E-state index in [2.05, 4.69) is 52.9 Å². The molecule has 0 atom stereocenters. The lowest BCUT2D eigenvalue weighted by Gasteiger charge is -2.24. The SMILES string of the molecule is CC(C)(C)NCc1c(Cl)cccc1SC(C)(C)C. The predicted molar refractivity (Wildman–Crippen MR) is 83.7 cm³/mol. The number of nitrogens with one attached hydrogen (secondary N) is 1. The Kier molecular flexibility index (Phi) is 5.16. The van der Waals surface area contributed by atoms with Gasteiger partial charge < -0.3 is 5.32 Å². The van der Waals surface area contributed by atoms with Crippen molar-refractivity contribution in [2.75, 3.05) is 0 Å². The van der Waals surface area contributed by atoms with Crippen molar-refractivity contribution in [1.29, 1.82) is 0 Å². The maximum Gasteiger partial charge on any atom is 0.0462 e. The van der Waals surface area contributed by atoms with Crippen LogP contribution in [0, 0.1) is 0 Å². The Morgan fingerprint density at radius 2 is 1.72 bits per heavy atom. The van der Waals surface area contributed by atoms with Gasteiger partial charge in [0, 0.05) is 26.7 Å². The molecule has 1 aromatic rings. The first kappa shape index (κ1) is 15.9. The van der Waals surface area contributed by atoms with Crippen LogP contribution in [0.25, 0.3) is 0 Å². The topological polar surface area (TPSA) is 12.0 Å². The lowest BCUT2D eigenvalue weighted by molar-refractivity contribution is 0.422. The van der Waals surface area contributed by atoms with Crippen LogP contribution in [0.1, 0.15) is 47.1 Å². The quantitative estimate of drug-likeness (QED) is 0.774. The average Bonchev–Trinajstić information content (AvgIpc) is 2.12. The lowest BCUT2D eigenvalue weighted by atomic mass is 10.1. The van der Waals surface area contributed by atoms with Gasteiger partial charge in [-0.1, -0.05) is 38.4 Å². The maximum atomic E-state index is 6.33. The van der Waals surface area contributed by atoms with E-state index in [1.807, 2.05) is 23.9 Å². The third kappa shape index (κ3) is 5.64. The van der Waals surface area contributed by atoms with Crippen molar-refractivity contribution >= 4 is 23.4 Å². The van der Waals surface area contributed by atoms with Crippen LogP contribution in [-0.2, 0) is 6.54 Å². The molecule has 0 aromatic heterocycles. The smallest absolute Gasteiger partial charge is 0.0462 e. The van der Waals surface area contributed by atoms with Crippen LogP contribution in [-0.4, -0.2) is 10.3 Å². The Labute approximate surface area is 121 Å². The molecule has 0 aliphatic heterocycles. The summed E-state index contributed by atoms with van der Waals surface area (Å²) in [5, 5.41) is 4.36. The van der Waals surface area contributed by atoms with Gasteiger partial charge in [0.2, 0.25) is 0 Å². The van der Waals surface area contributed by atoms with Crippen LogP contribution >= 0.6 is 23.4 Å². The summed E-state index contributed by atoms with van der Waals surface area (Å²) in [5.41, 5.74) is 1.30. The third-order valence-corrected chi connectivity index (χ3v) is 3.86. The van der Waals surface area contributed by atoms with Crippen LogP contribution in [0.3, 0.4) is 0 Å². The van der Waals surface area contributed by atoms with E-state index < -0.39 is 0 Å². The Morgan fingerprint density at radius 3 is 2.22 bits per heavy atom. The number of halogens is 1. The molecule has 1 nitrogen and oxygen atoms in total. The second-order valence-electron chi connectivity index (χ2n) is 6.53. The summed E-state index contributed by atoms with van der Waals surface area (Å²) >= 11 is 8.20. The summed E-state index contributed by atoms with van der Waals surface area (Å²) in [6.07, 6.45) is 0. The summed E-state index contributed by atoms with van der Waals surface area (Å²) in [7, 11) is 0. The standard InChI is InChI=1S/C15H24ClNS/c1-14(2,3)17-10-11-12(16)8-7-9-13(11)18-15(4,5)6/h7-9,17H,10H2,1-6H3. The second-order valence-corrected chi connectivity index (χ2v) is 8.81. The zero-order valence-electron chi connectivity index (χ0n) is 12.2. The minimum Gasteiger partial charge on any atom is -0.308 e. The molecule has 0 bridgehead atoms. The van der Waals surface area contributed by atoms with Gasteiger partial charge in [-0.15, -0.1) is 11.8 Å². The van der Waals surface area contributed by atoms with Crippen molar-refractivity contribution in [3.8, 4) is 0 Å². The van der Waals surface area contributed by atoms with Gasteiger partial charge in [-0.05, 0) is 38.5 Å². The molecule has 1 N–H and O–H groups in total. The molecule has 0 saturated heterocycles. The highest BCUT2D eigenvalue weighted by molar-refractivity contribution is 8.00. The van der Waals surface area contributed by atoms with Crippen molar-refractivity contribution in [1.82, 2.24) is 5.32 Å². The van der Waals surface area contributed by atoms with Gasteiger partial charge in [0.1, 0.15) is 0 Å². The van der Waals surface area contributed by atoms with Crippen LogP contribution in [0.5, 0.6) is 0 Å². The molecule has 1 aromatic carbocycles. The molecule has 0 spiro atoms. The van der Waals surface area contributed by atoms with Gasteiger partial charge in [0.05, 0.1) is 0 Å². The number of hydrogen-bond acceptors (Lipinski definition) is 2. The Balaban J connectivity index is 2.94. The first-order valence-electron chi connectivity index (χ1n) is 6.30. The molecule has 0 aliphatic carbocycles. The van der Waals surface area contributed by atoms with E-state index in [-0.39, 0.29) is 10.3 Å². The number of thioether (sulfide) groups is 1. The van der Waals surface area contributed by atoms with Gasteiger partial charge in [0.15, 0.2) is 0 Å². The van der Waals surface area contributed by atoms with Gasteiger partial charge in [-0.2, -0.15) is 0 Å². The van der Waals surface area contributed by atoms with Crippen LogP contribution < -0.4 is 5.32 Å². The van der Waals surface area contributed by atoms with Crippen LogP contribution in [0.15, 0.2) is 23.1 Å². The molecule has 0 amide bonds. The zero-order valence-corrected chi connectivity index (χ0v) is 13.8. The highest BCUT2D eigenvalue weighted by atomic mass is 35.5. The fraction of sp³-hybridized carbons (Fsp3) is 0.600. The first-order chi connectivity index (χ1) is 8.08. The highest BCUT2D eigenvalue weighted by Crippen LogP contribution is 2.36. The Bertz CT molecular complexity index is 402. The van der Waals surface area contributed by atoms with E-state index in [9.17, 15) is 0 Å². The molecule has 0 saturated carbocycles. The normalized spacial score (nSPS) is 12.8. The molecule has 1 rings (SSSR count). The van der Waals surface area contributed by atoms with Gasteiger partial charge in [-0.25, -0.2) is 0 Å².